The molecule has 0 rings (SSSR count). The minimum atomic E-state index is 0.451. The number of hydrogen-bond acceptors (Lipinski definition) is 2. The molecule has 0 radical (unpaired) electrons. The summed E-state index contributed by atoms with van der Waals surface area (Å²) < 4.78 is 5.63. The van der Waals surface area contributed by atoms with Crippen LogP contribution >= 0.6 is 11.8 Å². The number of thioether (sulfide) groups is 1. The van der Waals surface area contributed by atoms with E-state index in [1.165, 1.54) is 37.9 Å². The molecule has 0 aromatic rings. The van der Waals surface area contributed by atoms with Crippen LogP contribution in [-0.2, 0) is 4.74 Å². The van der Waals surface area contributed by atoms with Crippen molar-refractivity contribution in [3.63, 3.8) is 0 Å². The largest absolute Gasteiger partial charge is 0.368 e. The summed E-state index contributed by atoms with van der Waals surface area (Å²) >= 11 is 1.99. The molecule has 13 heavy (non-hydrogen) atoms. The van der Waals surface area contributed by atoms with Crippen LogP contribution in [0.25, 0.3) is 0 Å². The van der Waals surface area contributed by atoms with Crippen LogP contribution in [0.1, 0.15) is 52.9 Å². The van der Waals surface area contributed by atoms with E-state index in [0.29, 0.717) is 5.44 Å². The average molecular weight is 204 g/mol. The molecular weight excluding hydrogens is 180 g/mol. The van der Waals surface area contributed by atoms with Crippen molar-refractivity contribution in [2.45, 2.75) is 58.3 Å². The highest BCUT2D eigenvalue weighted by atomic mass is 32.2. The molecule has 0 N–H and O–H groups in total. The number of rotatable bonds is 9. The molecule has 1 nitrogen and oxygen atoms in total. The summed E-state index contributed by atoms with van der Waals surface area (Å²) in [5.41, 5.74) is 0.451. The van der Waals surface area contributed by atoms with Crippen molar-refractivity contribution in [1.82, 2.24) is 0 Å². The van der Waals surface area contributed by atoms with Crippen LogP contribution in [0.4, 0.5) is 0 Å². The minimum Gasteiger partial charge on any atom is -0.368 e. The third-order valence-corrected chi connectivity index (χ3v) is 3.20. The predicted octanol–water partition coefficient (Wildman–Crippen LogP) is 4.07. The Hall–Kier alpha value is 0.310. The van der Waals surface area contributed by atoms with Crippen molar-refractivity contribution in [1.29, 1.82) is 0 Å². The Morgan fingerprint density at radius 2 is 1.85 bits per heavy atom. The van der Waals surface area contributed by atoms with E-state index in [2.05, 4.69) is 20.8 Å². The minimum absolute atomic E-state index is 0.451. The molecule has 0 aliphatic carbocycles. The zero-order valence-electron chi connectivity index (χ0n) is 9.34. The number of hydrogen-bond donors (Lipinski definition) is 0. The lowest BCUT2D eigenvalue weighted by molar-refractivity contribution is 0.118. The molecule has 0 aromatic heterocycles. The predicted molar refractivity (Wildman–Crippen MR) is 62.3 cm³/mol. The first-order valence-corrected chi connectivity index (χ1v) is 6.63. The summed E-state index contributed by atoms with van der Waals surface area (Å²) in [6, 6.07) is 0. The molecule has 0 aromatic carbocycles. The highest BCUT2D eigenvalue weighted by Crippen LogP contribution is 2.19. The molecule has 80 valence electrons. The van der Waals surface area contributed by atoms with E-state index in [1.54, 1.807) is 0 Å². The van der Waals surface area contributed by atoms with E-state index in [9.17, 15) is 0 Å². The fourth-order valence-electron chi connectivity index (χ4n) is 1.20. The highest BCUT2D eigenvalue weighted by molar-refractivity contribution is 7.99. The van der Waals surface area contributed by atoms with Crippen LogP contribution in [0.15, 0.2) is 0 Å². The van der Waals surface area contributed by atoms with Gasteiger partial charge < -0.3 is 4.74 Å². The van der Waals surface area contributed by atoms with E-state index in [0.717, 1.165) is 6.61 Å². The second-order valence-electron chi connectivity index (χ2n) is 3.25. The Morgan fingerprint density at radius 3 is 2.38 bits per heavy atom. The van der Waals surface area contributed by atoms with E-state index in [1.807, 2.05) is 11.8 Å². The van der Waals surface area contributed by atoms with Crippen molar-refractivity contribution in [3.05, 3.63) is 0 Å². The first-order chi connectivity index (χ1) is 6.35. The Labute approximate surface area is 87.6 Å². The summed E-state index contributed by atoms with van der Waals surface area (Å²) in [5.74, 6) is 1.26. The molecule has 0 fully saturated rings. The number of unbranched alkanes of at least 4 members (excludes halogenated alkanes) is 2. The Kier molecular flexibility index (Phi) is 10.6. The van der Waals surface area contributed by atoms with Gasteiger partial charge in [0.15, 0.2) is 0 Å². The van der Waals surface area contributed by atoms with Gasteiger partial charge in [0.1, 0.15) is 5.44 Å². The van der Waals surface area contributed by atoms with Gasteiger partial charge >= 0.3 is 0 Å². The molecule has 0 aliphatic rings. The SMILES string of the molecule is CCCCCSC(CCC)OCC. The Balaban J connectivity index is 3.33. The third-order valence-electron chi connectivity index (χ3n) is 1.93. The lowest BCUT2D eigenvalue weighted by Crippen LogP contribution is -2.08. The van der Waals surface area contributed by atoms with Crippen LogP contribution in [-0.4, -0.2) is 17.8 Å². The van der Waals surface area contributed by atoms with Gasteiger partial charge in [-0.05, 0) is 25.5 Å². The zero-order chi connectivity index (χ0) is 9.94. The van der Waals surface area contributed by atoms with Gasteiger partial charge in [-0.15, -0.1) is 11.8 Å². The van der Waals surface area contributed by atoms with Crippen molar-refractivity contribution in [3.8, 4) is 0 Å². The van der Waals surface area contributed by atoms with Gasteiger partial charge in [-0.1, -0.05) is 33.1 Å². The van der Waals surface area contributed by atoms with E-state index >= 15 is 0 Å². The van der Waals surface area contributed by atoms with Gasteiger partial charge in [0.2, 0.25) is 0 Å². The summed E-state index contributed by atoms with van der Waals surface area (Å²) in [5, 5.41) is 0. The van der Waals surface area contributed by atoms with E-state index in [-0.39, 0.29) is 0 Å². The lowest BCUT2D eigenvalue weighted by atomic mass is 10.3. The second kappa shape index (κ2) is 10.4. The average Bonchev–Trinajstić information content (AvgIpc) is 2.13. The molecule has 0 heterocycles. The molecule has 1 atom stereocenters. The van der Waals surface area contributed by atoms with Gasteiger partial charge in [0.05, 0.1) is 0 Å². The van der Waals surface area contributed by atoms with Crippen molar-refractivity contribution < 1.29 is 4.74 Å². The molecule has 0 saturated heterocycles. The van der Waals surface area contributed by atoms with Crippen LogP contribution in [0.3, 0.4) is 0 Å². The molecule has 2 heteroatoms. The monoisotopic (exact) mass is 204 g/mol. The first kappa shape index (κ1) is 13.3. The number of ether oxygens (including phenoxy) is 1. The molecule has 0 bridgehead atoms. The fourth-order valence-corrected chi connectivity index (χ4v) is 2.47. The van der Waals surface area contributed by atoms with Crippen LogP contribution in [0.5, 0.6) is 0 Å². The second-order valence-corrected chi connectivity index (χ2v) is 4.52. The Morgan fingerprint density at radius 1 is 1.08 bits per heavy atom. The summed E-state index contributed by atoms with van der Waals surface area (Å²) in [6.45, 7) is 7.40. The maximum Gasteiger partial charge on any atom is 0.103 e. The highest BCUT2D eigenvalue weighted by Gasteiger charge is 2.06. The van der Waals surface area contributed by atoms with Crippen LogP contribution in [0.2, 0.25) is 0 Å². The maximum atomic E-state index is 5.63. The summed E-state index contributed by atoms with van der Waals surface area (Å²) in [7, 11) is 0. The van der Waals surface area contributed by atoms with Crippen LogP contribution < -0.4 is 0 Å². The maximum absolute atomic E-state index is 5.63. The van der Waals surface area contributed by atoms with Gasteiger partial charge in [-0.2, -0.15) is 0 Å². The first-order valence-electron chi connectivity index (χ1n) is 5.58. The van der Waals surface area contributed by atoms with E-state index < -0.39 is 0 Å². The van der Waals surface area contributed by atoms with Crippen molar-refractivity contribution in [2.24, 2.45) is 0 Å². The van der Waals surface area contributed by atoms with Crippen LogP contribution in [0, 0.1) is 0 Å². The van der Waals surface area contributed by atoms with E-state index in [4.69, 9.17) is 4.74 Å². The molecule has 1 unspecified atom stereocenters. The normalized spacial score (nSPS) is 13.2. The summed E-state index contributed by atoms with van der Waals surface area (Å²) in [6.07, 6.45) is 6.44. The Bertz CT molecular complexity index is 90.1. The molecular formula is C11H24OS. The zero-order valence-corrected chi connectivity index (χ0v) is 10.2. The smallest absolute Gasteiger partial charge is 0.103 e. The summed E-state index contributed by atoms with van der Waals surface area (Å²) in [4.78, 5) is 0. The van der Waals surface area contributed by atoms with Gasteiger partial charge in [0, 0.05) is 6.61 Å². The van der Waals surface area contributed by atoms with Gasteiger partial charge in [-0.3, -0.25) is 0 Å². The molecule has 0 saturated carbocycles. The standard InChI is InChI=1S/C11H24OS/c1-4-7-8-10-13-11(9-5-2)12-6-3/h11H,4-10H2,1-3H3. The van der Waals surface area contributed by atoms with Gasteiger partial charge in [-0.25, -0.2) is 0 Å². The molecule has 0 spiro atoms. The fraction of sp³-hybridized carbons (Fsp3) is 1.00. The van der Waals surface area contributed by atoms with Crippen molar-refractivity contribution in [2.75, 3.05) is 12.4 Å². The quantitative estimate of drug-likeness (QED) is 0.413. The topological polar surface area (TPSA) is 9.23 Å². The van der Waals surface area contributed by atoms with Crippen molar-refractivity contribution >= 4 is 11.8 Å². The lowest BCUT2D eigenvalue weighted by Gasteiger charge is -2.15. The third kappa shape index (κ3) is 8.63. The van der Waals surface area contributed by atoms with Gasteiger partial charge in [0.25, 0.3) is 0 Å². The molecule has 0 aliphatic heterocycles. The molecule has 0 amide bonds.